The minimum atomic E-state index is 0.568. The Hall–Kier alpha value is -0.0800. The van der Waals surface area contributed by atoms with Crippen LogP contribution in [0, 0.1) is 5.92 Å². The standard InChI is InChI=1S/C6H12N2.C4H10/c1-2-6(1)5-7-3-4-8-6;1-4(2)3/h7-8H,1-5H2;4H,1-3H3. The van der Waals surface area contributed by atoms with Gasteiger partial charge in [0.2, 0.25) is 0 Å². The van der Waals surface area contributed by atoms with Crippen LogP contribution in [-0.4, -0.2) is 25.2 Å². The monoisotopic (exact) mass is 170 g/mol. The van der Waals surface area contributed by atoms with Crippen molar-refractivity contribution < 1.29 is 0 Å². The van der Waals surface area contributed by atoms with Gasteiger partial charge in [0.15, 0.2) is 0 Å². The molecule has 0 unspecified atom stereocenters. The van der Waals surface area contributed by atoms with Crippen LogP contribution in [0.25, 0.3) is 0 Å². The highest BCUT2D eigenvalue weighted by Crippen LogP contribution is 2.34. The van der Waals surface area contributed by atoms with Crippen LogP contribution in [-0.2, 0) is 0 Å². The van der Waals surface area contributed by atoms with Crippen LogP contribution in [0.4, 0.5) is 0 Å². The molecule has 1 spiro atoms. The van der Waals surface area contributed by atoms with Gasteiger partial charge in [0.1, 0.15) is 0 Å². The maximum atomic E-state index is 3.51. The molecule has 2 heteroatoms. The van der Waals surface area contributed by atoms with E-state index in [0.29, 0.717) is 5.54 Å². The van der Waals surface area contributed by atoms with E-state index in [4.69, 9.17) is 0 Å². The summed E-state index contributed by atoms with van der Waals surface area (Å²) in [6.07, 6.45) is 2.78. The van der Waals surface area contributed by atoms with Gasteiger partial charge in [0, 0.05) is 25.2 Å². The van der Waals surface area contributed by atoms with Crippen LogP contribution in [0.5, 0.6) is 0 Å². The van der Waals surface area contributed by atoms with Crippen molar-refractivity contribution in [3.63, 3.8) is 0 Å². The first-order valence-corrected chi connectivity index (χ1v) is 5.10. The van der Waals surface area contributed by atoms with Crippen LogP contribution in [0.1, 0.15) is 33.6 Å². The molecule has 2 fully saturated rings. The maximum absolute atomic E-state index is 3.51. The molecule has 1 heterocycles. The van der Waals surface area contributed by atoms with Crippen molar-refractivity contribution in [2.24, 2.45) is 5.92 Å². The molecule has 0 radical (unpaired) electrons. The van der Waals surface area contributed by atoms with Gasteiger partial charge >= 0.3 is 0 Å². The SMILES string of the molecule is C1CNC2(CC2)CN1.CC(C)C. The Balaban J connectivity index is 0.000000157. The van der Waals surface area contributed by atoms with Crippen molar-refractivity contribution >= 4 is 0 Å². The van der Waals surface area contributed by atoms with Gasteiger partial charge in [-0.15, -0.1) is 0 Å². The molecule has 1 aliphatic heterocycles. The van der Waals surface area contributed by atoms with Crippen LogP contribution < -0.4 is 10.6 Å². The highest BCUT2D eigenvalue weighted by atomic mass is 15.1. The van der Waals surface area contributed by atoms with Crippen molar-refractivity contribution in [1.82, 2.24) is 10.6 Å². The third kappa shape index (κ3) is 3.55. The first kappa shape index (κ1) is 10.0. The summed E-state index contributed by atoms with van der Waals surface area (Å²) in [6, 6.07) is 0. The molecule has 0 atom stereocenters. The minimum Gasteiger partial charge on any atom is -0.314 e. The van der Waals surface area contributed by atoms with Crippen LogP contribution >= 0.6 is 0 Å². The van der Waals surface area contributed by atoms with Crippen molar-refractivity contribution in [3.8, 4) is 0 Å². The number of rotatable bonds is 0. The van der Waals surface area contributed by atoms with Crippen molar-refractivity contribution in [2.75, 3.05) is 19.6 Å². The summed E-state index contributed by atoms with van der Waals surface area (Å²) in [7, 11) is 0. The lowest BCUT2D eigenvalue weighted by Crippen LogP contribution is -2.50. The zero-order valence-corrected chi connectivity index (χ0v) is 8.61. The summed E-state index contributed by atoms with van der Waals surface area (Å²) in [6.45, 7) is 10.0. The molecule has 1 saturated heterocycles. The molecule has 2 N–H and O–H groups in total. The van der Waals surface area contributed by atoms with E-state index in [2.05, 4.69) is 31.4 Å². The third-order valence-electron chi connectivity index (χ3n) is 2.12. The first-order chi connectivity index (χ1) is 5.65. The molecule has 1 saturated carbocycles. The molecule has 0 amide bonds. The third-order valence-corrected chi connectivity index (χ3v) is 2.12. The molecule has 2 aliphatic rings. The fraction of sp³-hybridized carbons (Fsp3) is 1.00. The average Bonchev–Trinajstić information content (AvgIpc) is 2.70. The zero-order chi connectivity index (χ0) is 9.03. The minimum absolute atomic E-state index is 0.568. The number of hydrogen-bond donors (Lipinski definition) is 2. The number of piperazine rings is 1. The summed E-state index contributed by atoms with van der Waals surface area (Å²) in [5.41, 5.74) is 0.568. The van der Waals surface area contributed by atoms with E-state index >= 15 is 0 Å². The molecular weight excluding hydrogens is 148 g/mol. The molecule has 2 nitrogen and oxygen atoms in total. The molecule has 0 bridgehead atoms. The maximum Gasteiger partial charge on any atom is 0.0308 e. The topological polar surface area (TPSA) is 24.1 Å². The van der Waals surface area contributed by atoms with Gasteiger partial charge < -0.3 is 10.6 Å². The van der Waals surface area contributed by atoms with E-state index in [1.165, 1.54) is 25.9 Å². The molecule has 0 aromatic heterocycles. The molecule has 2 rings (SSSR count). The Kier molecular flexibility index (Phi) is 3.53. The Bertz CT molecular complexity index is 117. The van der Waals surface area contributed by atoms with Gasteiger partial charge in [-0.1, -0.05) is 20.8 Å². The second-order valence-electron chi connectivity index (χ2n) is 4.62. The number of hydrogen-bond acceptors (Lipinski definition) is 2. The summed E-state index contributed by atoms with van der Waals surface area (Å²) < 4.78 is 0. The first-order valence-electron chi connectivity index (χ1n) is 5.10. The predicted octanol–water partition coefficient (Wildman–Crippen LogP) is 1.37. The summed E-state index contributed by atoms with van der Waals surface area (Å²) >= 11 is 0. The summed E-state index contributed by atoms with van der Waals surface area (Å²) in [5.74, 6) is 0.833. The lowest BCUT2D eigenvalue weighted by Gasteiger charge is -2.23. The van der Waals surface area contributed by atoms with E-state index < -0.39 is 0 Å². The van der Waals surface area contributed by atoms with Crippen LogP contribution in [0.3, 0.4) is 0 Å². The lowest BCUT2D eigenvalue weighted by molar-refractivity contribution is 0.403. The van der Waals surface area contributed by atoms with Gasteiger partial charge in [-0.2, -0.15) is 0 Å². The highest BCUT2D eigenvalue weighted by molar-refractivity contribution is 5.05. The fourth-order valence-corrected chi connectivity index (χ4v) is 1.31. The van der Waals surface area contributed by atoms with Gasteiger partial charge in [-0.25, -0.2) is 0 Å². The highest BCUT2D eigenvalue weighted by Gasteiger charge is 2.42. The van der Waals surface area contributed by atoms with E-state index in [9.17, 15) is 0 Å². The molecule has 0 aromatic carbocycles. The van der Waals surface area contributed by atoms with Crippen molar-refractivity contribution in [1.29, 1.82) is 0 Å². The normalized spacial score (nSPS) is 25.0. The van der Waals surface area contributed by atoms with E-state index in [0.717, 1.165) is 12.5 Å². The zero-order valence-electron chi connectivity index (χ0n) is 8.61. The van der Waals surface area contributed by atoms with Gasteiger partial charge in [0.05, 0.1) is 0 Å². The number of nitrogens with one attached hydrogen (secondary N) is 2. The smallest absolute Gasteiger partial charge is 0.0308 e. The Morgan fingerprint density at radius 1 is 1.08 bits per heavy atom. The Morgan fingerprint density at radius 2 is 1.67 bits per heavy atom. The second kappa shape index (κ2) is 4.24. The molecule has 72 valence electrons. The van der Waals surface area contributed by atoms with Crippen LogP contribution in [0.2, 0.25) is 0 Å². The van der Waals surface area contributed by atoms with Crippen LogP contribution in [0.15, 0.2) is 0 Å². The van der Waals surface area contributed by atoms with Gasteiger partial charge in [0.25, 0.3) is 0 Å². The largest absolute Gasteiger partial charge is 0.314 e. The van der Waals surface area contributed by atoms with Crippen molar-refractivity contribution in [3.05, 3.63) is 0 Å². The van der Waals surface area contributed by atoms with Crippen molar-refractivity contribution in [2.45, 2.75) is 39.2 Å². The molecule has 0 aromatic rings. The van der Waals surface area contributed by atoms with E-state index in [1.807, 2.05) is 0 Å². The Labute approximate surface area is 76.1 Å². The van der Waals surface area contributed by atoms with Gasteiger partial charge in [-0.05, 0) is 18.8 Å². The molecular formula is C10H22N2. The quantitative estimate of drug-likeness (QED) is 0.574. The van der Waals surface area contributed by atoms with E-state index in [-0.39, 0.29) is 0 Å². The molecule has 1 aliphatic carbocycles. The lowest BCUT2D eigenvalue weighted by atomic mass is 10.2. The van der Waals surface area contributed by atoms with E-state index in [1.54, 1.807) is 0 Å². The molecule has 12 heavy (non-hydrogen) atoms. The summed E-state index contributed by atoms with van der Waals surface area (Å²) in [4.78, 5) is 0. The summed E-state index contributed by atoms with van der Waals surface area (Å²) in [5, 5.41) is 6.88. The fourth-order valence-electron chi connectivity index (χ4n) is 1.31. The predicted molar refractivity (Wildman–Crippen MR) is 53.3 cm³/mol. The average molecular weight is 170 g/mol. The Morgan fingerprint density at radius 3 is 1.92 bits per heavy atom. The second-order valence-corrected chi connectivity index (χ2v) is 4.62. The van der Waals surface area contributed by atoms with Gasteiger partial charge in [-0.3, -0.25) is 0 Å².